The number of hydrogen-bond donors (Lipinski definition) is 0. The van der Waals surface area contributed by atoms with Gasteiger partial charge in [0.05, 0.1) is 0 Å². The maximum absolute atomic E-state index is 11.2. The third kappa shape index (κ3) is 3.35. The molecule has 0 heterocycles. The Hall–Kier alpha value is -0.803. The Morgan fingerprint density at radius 3 is 1.94 bits per heavy atom. The molecule has 0 aliphatic heterocycles. The van der Waals surface area contributed by atoms with Crippen LogP contribution in [0.2, 0.25) is 19.6 Å². The molecule has 0 aliphatic rings. The lowest BCUT2D eigenvalue weighted by atomic mass is 10.0. The van der Waals surface area contributed by atoms with Crippen LogP contribution in [0.4, 0.5) is 0 Å². The van der Waals surface area contributed by atoms with E-state index in [4.69, 9.17) is 16.0 Å². The van der Waals surface area contributed by atoms with Crippen LogP contribution >= 0.6 is 11.6 Å². The average molecular weight is 257 g/mol. The SMILES string of the molecule is Cc1cc(O[Si](C)(C)C)cc(C)c1C(=O)Cl. The summed E-state index contributed by atoms with van der Waals surface area (Å²) in [6.45, 7) is 10.1. The van der Waals surface area contributed by atoms with E-state index in [1.807, 2.05) is 26.0 Å². The minimum absolute atomic E-state index is 0.408. The summed E-state index contributed by atoms with van der Waals surface area (Å²) in [4.78, 5) is 11.2. The largest absolute Gasteiger partial charge is 0.544 e. The third-order valence-corrected chi connectivity index (χ3v) is 3.16. The van der Waals surface area contributed by atoms with Crippen molar-refractivity contribution in [2.24, 2.45) is 0 Å². The Morgan fingerprint density at radius 1 is 1.19 bits per heavy atom. The molecule has 0 saturated heterocycles. The number of halogens is 1. The van der Waals surface area contributed by atoms with Crippen LogP contribution in [0, 0.1) is 13.8 Å². The quantitative estimate of drug-likeness (QED) is 0.606. The van der Waals surface area contributed by atoms with Crippen LogP contribution in [0.15, 0.2) is 12.1 Å². The molecule has 0 aromatic heterocycles. The normalized spacial score (nSPS) is 11.4. The first-order chi connectivity index (χ1) is 7.20. The molecule has 0 unspecified atom stereocenters. The highest BCUT2D eigenvalue weighted by Crippen LogP contribution is 2.25. The first kappa shape index (κ1) is 13.3. The minimum atomic E-state index is -1.61. The fourth-order valence-corrected chi connectivity index (χ4v) is 2.77. The van der Waals surface area contributed by atoms with Crippen molar-refractivity contribution >= 4 is 25.2 Å². The Balaban J connectivity index is 3.15. The molecule has 1 aromatic carbocycles. The first-order valence-corrected chi connectivity index (χ1v) is 8.99. The maximum atomic E-state index is 11.2. The van der Waals surface area contributed by atoms with Gasteiger partial charge in [-0.25, -0.2) is 0 Å². The second-order valence-electron chi connectivity index (χ2n) is 4.92. The molecule has 0 radical (unpaired) electrons. The van der Waals surface area contributed by atoms with Crippen LogP contribution in [0.1, 0.15) is 21.5 Å². The molecule has 1 aromatic rings. The van der Waals surface area contributed by atoms with E-state index in [0.717, 1.165) is 16.9 Å². The summed E-state index contributed by atoms with van der Waals surface area (Å²) < 4.78 is 5.88. The van der Waals surface area contributed by atoms with Crippen molar-refractivity contribution in [2.75, 3.05) is 0 Å². The number of aryl methyl sites for hydroxylation is 2. The van der Waals surface area contributed by atoms with E-state index < -0.39 is 13.6 Å². The van der Waals surface area contributed by atoms with Crippen molar-refractivity contribution in [1.82, 2.24) is 0 Å². The van der Waals surface area contributed by atoms with Gasteiger partial charge in [0.2, 0.25) is 8.32 Å². The van der Waals surface area contributed by atoms with Gasteiger partial charge in [0.15, 0.2) is 0 Å². The second kappa shape index (κ2) is 4.59. The topological polar surface area (TPSA) is 26.3 Å². The number of carbonyl (C=O) groups is 1. The molecule has 0 saturated carbocycles. The van der Waals surface area contributed by atoms with Crippen LogP contribution in [0.3, 0.4) is 0 Å². The molecule has 0 aliphatic carbocycles. The molecule has 0 atom stereocenters. The number of carbonyl (C=O) groups excluding carboxylic acids is 1. The molecule has 88 valence electrons. The number of rotatable bonds is 3. The maximum Gasteiger partial charge on any atom is 0.252 e. The molecular weight excluding hydrogens is 240 g/mol. The molecule has 0 spiro atoms. The van der Waals surface area contributed by atoms with Crippen LogP contribution in [-0.2, 0) is 0 Å². The van der Waals surface area contributed by atoms with Gasteiger partial charge in [-0.1, -0.05) is 0 Å². The summed E-state index contributed by atoms with van der Waals surface area (Å²) in [5.74, 6) is 0.829. The monoisotopic (exact) mass is 256 g/mol. The Kier molecular flexibility index (Phi) is 3.81. The predicted octanol–water partition coefficient (Wildman–Crippen LogP) is 3.90. The zero-order chi connectivity index (χ0) is 12.5. The summed E-state index contributed by atoms with van der Waals surface area (Å²) in [6, 6.07) is 3.75. The minimum Gasteiger partial charge on any atom is -0.544 e. The standard InChI is InChI=1S/C12H17ClO2Si/c1-8-6-10(15-16(3,4)5)7-9(2)11(8)12(13)14/h6-7H,1-5H3. The highest BCUT2D eigenvalue weighted by atomic mass is 35.5. The van der Waals surface area contributed by atoms with Crippen molar-refractivity contribution in [3.05, 3.63) is 28.8 Å². The molecular formula is C12H17ClO2Si. The lowest BCUT2D eigenvalue weighted by Gasteiger charge is -2.20. The van der Waals surface area contributed by atoms with E-state index in [1.165, 1.54) is 0 Å². The zero-order valence-corrected chi connectivity index (χ0v) is 12.1. The molecule has 0 fully saturated rings. The molecule has 1 rings (SSSR count). The van der Waals surface area contributed by atoms with Crippen LogP contribution in [0.5, 0.6) is 5.75 Å². The summed E-state index contributed by atoms with van der Waals surface area (Å²) in [7, 11) is -1.61. The van der Waals surface area contributed by atoms with Crippen LogP contribution < -0.4 is 4.43 Å². The Morgan fingerprint density at radius 2 is 1.62 bits per heavy atom. The van der Waals surface area contributed by atoms with Crippen molar-refractivity contribution in [1.29, 1.82) is 0 Å². The summed E-state index contributed by atoms with van der Waals surface area (Å²) in [6.07, 6.45) is 0. The summed E-state index contributed by atoms with van der Waals surface area (Å²) >= 11 is 5.53. The van der Waals surface area contributed by atoms with E-state index in [2.05, 4.69) is 19.6 Å². The smallest absolute Gasteiger partial charge is 0.252 e. The summed E-state index contributed by atoms with van der Waals surface area (Å²) in [5, 5.41) is -0.408. The summed E-state index contributed by atoms with van der Waals surface area (Å²) in [5.41, 5.74) is 2.33. The highest BCUT2D eigenvalue weighted by molar-refractivity contribution is 6.70. The van der Waals surface area contributed by atoms with Crippen LogP contribution in [-0.4, -0.2) is 13.6 Å². The molecule has 0 bridgehead atoms. The van der Waals surface area contributed by atoms with Gasteiger partial charge in [-0.2, -0.15) is 0 Å². The van der Waals surface area contributed by atoms with Gasteiger partial charge in [0.25, 0.3) is 5.24 Å². The Bertz CT molecular complexity index is 399. The highest BCUT2D eigenvalue weighted by Gasteiger charge is 2.18. The van der Waals surface area contributed by atoms with Gasteiger partial charge in [0.1, 0.15) is 5.75 Å². The van der Waals surface area contributed by atoms with E-state index >= 15 is 0 Å². The predicted molar refractivity (Wildman–Crippen MR) is 70.1 cm³/mol. The van der Waals surface area contributed by atoms with Gasteiger partial charge in [-0.05, 0) is 68.3 Å². The van der Waals surface area contributed by atoms with Gasteiger partial charge >= 0.3 is 0 Å². The zero-order valence-electron chi connectivity index (χ0n) is 10.3. The number of benzene rings is 1. The van der Waals surface area contributed by atoms with Gasteiger partial charge in [-0.3, -0.25) is 4.79 Å². The Labute approximate surface area is 103 Å². The van der Waals surface area contributed by atoms with Gasteiger partial charge < -0.3 is 4.43 Å². The van der Waals surface area contributed by atoms with E-state index in [1.54, 1.807) is 0 Å². The molecule has 16 heavy (non-hydrogen) atoms. The second-order valence-corrected chi connectivity index (χ2v) is 9.69. The average Bonchev–Trinajstić information content (AvgIpc) is 1.96. The molecule has 0 N–H and O–H groups in total. The number of hydrogen-bond acceptors (Lipinski definition) is 2. The van der Waals surface area contributed by atoms with Crippen molar-refractivity contribution in [3.63, 3.8) is 0 Å². The van der Waals surface area contributed by atoms with E-state index in [0.29, 0.717) is 5.56 Å². The fourth-order valence-electron chi connectivity index (χ4n) is 1.65. The lowest BCUT2D eigenvalue weighted by molar-refractivity contribution is 0.108. The fraction of sp³-hybridized carbons (Fsp3) is 0.417. The van der Waals surface area contributed by atoms with Gasteiger partial charge in [0, 0.05) is 5.56 Å². The van der Waals surface area contributed by atoms with Crippen molar-refractivity contribution < 1.29 is 9.22 Å². The first-order valence-electron chi connectivity index (χ1n) is 5.21. The van der Waals surface area contributed by atoms with Crippen LogP contribution in [0.25, 0.3) is 0 Å². The molecule has 4 heteroatoms. The molecule has 0 amide bonds. The van der Waals surface area contributed by atoms with Crippen molar-refractivity contribution in [3.8, 4) is 5.75 Å². The van der Waals surface area contributed by atoms with Crippen molar-refractivity contribution in [2.45, 2.75) is 33.5 Å². The molecule has 2 nitrogen and oxygen atoms in total. The van der Waals surface area contributed by atoms with E-state index in [-0.39, 0.29) is 0 Å². The van der Waals surface area contributed by atoms with E-state index in [9.17, 15) is 4.79 Å². The third-order valence-electron chi connectivity index (χ3n) is 2.13. The van der Waals surface area contributed by atoms with Gasteiger partial charge in [-0.15, -0.1) is 0 Å². The lowest BCUT2D eigenvalue weighted by Crippen LogP contribution is -2.29.